The summed E-state index contributed by atoms with van der Waals surface area (Å²) in [6.45, 7) is 15.5. The lowest BCUT2D eigenvalue weighted by atomic mass is 9.69. The van der Waals surface area contributed by atoms with Crippen LogP contribution in [0.1, 0.15) is 78.5 Å². The molecule has 9 heteroatoms. The van der Waals surface area contributed by atoms with Crippen LogP contribution in [0.2, 0.25) is 0 Å². The first kappa shape index (κ1) is 26.2. The van der Waals surface area contributed by atoms with Crippen LogP contribution < -0.4 is 5.32 Å². The third-order valence-corrected chi connectivity index (χ3v) is 11.2. The van der Waals surface area contributed by atoms with Gasteiger partial charge in [0, 0.05) is 54.1 Å². The number of H-pyrrole nitrogens is 1. The molecule has 2 saturated heterocycles. The number of carbonyl (C=O) groups is 1. The summed E-state index contributed by atoms with van der Waals surface area (Å²) in [7, 11) is 0. The van der Waals surface area contributed by atoms with Crippen LogP contribution in [0.4, 0.5) is 0 Å². The van der Waals surface area contributed by atoms with Crippen molar-refractivity contribution in [2.24, 2.45) is 5.92 Å². The van der Waals surface area contributed by atoms with Gasteiger partial charge in [-0.1, -0.05) is 13.8 Å². The summed E-state index contributed by atoms with van der Waals surface area (Å²) in [4.78, 5) is 26.4. The Bertz CT molecular complexity index is 1590. The fraction of sp³-hybridized carbons (Fsp3) is 0.581. The monoisotopic (exact) mass is 560 g/mol. The van der Waals surface area contributed by atoms with E-state index in [1.54, 1.807) is 6.33 Å². The standard InChI is InChI=1S/C31H40N6O2S/c1-17(2)24-25-20(5)27(40-29(25)35-26(24)23-14-37-28(33-16-34-37)19(4)18(23)3)21-6-9-36(10-7-21)30(38)22-12-31(13-22)15-32-8-11-39-31/h14,16-17,21-22,32,35H,6-13,15H2,1-5H3/t22-,31-. The number of fused-ring (bicyclic) bond motifs is 2. The molecule has 1 saturated carbocycles. The van der Waals surface area contributed by atoms with Crippen LogP contribution in [-0.2, 0) is 9.53 Å². The Labute approximate surface area is 239 Å². The minimum Gasteiger partial charge on any atom is -0.372 e. The molecule has 2 aliphatic heterocycles. The van der Waals surface area contributed by atoms with E-state index in [-0.39, 0.29) is 11.5 Å². The highest BCUT2D eigenvalue weighted by atomic mass is 32.1. The van der Waals surface area contributed by atoms with Crippen LogP contribution in [-0.4, -0.2) is 68.8 Å². The predicted molar refractivity (Wildman–Crippen MR) is 159 cm³/mol. The minimum absolute atomic E-state index is 0.0860. The summed E-state index contributed by atoms with van der Waals surface area (Å²) >= 11 is 1.92. The van der Waals surface area contributed by atoms with Crippen molar-refractivity contribution in [3.8, 4) is 11.3 Å². The SMILES string of the molecule is Cc1c(-c2[nH]c3sc(C4CCN(C(=O)[C@H]5C[C@@]6(CNCCO6)C5)CC4)c(C)c3c2C(C)C)cn2ncnc2c1C. The van der Waals surface area contributed by atoms with E-state index in [0.29, 0.717) is 17.7 Å². The fourth-order valence-electron chi connectivity index (χ4n) is 7.48. The van der Waals surface area contributed by atoms with Crippen LogP contribution in [0, 0.1) is 26.7 Å². The minimum atomic E-state index is -0.0860. The quantitative estimate of drug-likeness (QED) is 0.346. The second-order valence-corrected chi connectivity index (χ2v) is 13.6. The molecule has 40 heavy (non-hydrogen) atoms. The molecule has 1 spiro atoms. The Morgan fingerprint density at radius 1 is 1.15 bits per heavy atom. The number of piperidine rings is 1. The fourth-order valence-corrected chi connectivity index (χ4v) is 8.88. The van der Waals surface area contributed by atoms with Crippen LogP contribution in [0.3, 0.4) is 0 Å². The summed E-state index contributed by atoms with van der Waals surface area (Å²) < 4.78 is 7.92. The number of likely N-dealkylation sites (tertiary alicyclic amines) is 1. The van der Waals surface area contributed by atoms with E-state index in [1.165, 1.54) is 48.6 Å². The van der Waals surface area contributed by atoms with E-state index < -0.39 is 0 Å². The molecule has 1 amide bonds. The van der Waals surface area contributed by atoms with Gasteiger partial charge in [0.15, 0.2) is 5.65 Å². The number of nitrogens with one attached hydrogen (secondary N) is 2. The van der Waals surface area contributed by atoms with Crippen LogP contribution >= 0.6 is 11.3 Å². The zero-order valence-corrected chi connectivity index (χ0v) is 25.1. The highest BCUT2D eigenvalue weighted by molar-refractivity contribution is 7.19. The molecular formula is C31H40N6O2S. The van der Waals surface area contributed by atoms with E-state index in [0.717, 1.165) is 64.1 Å². The molecule has 3 fully saturated rings. The molecule has 6 heterocycles. The first-order valence-corrected chi connectivity index (χ1v) is 15.7. The van der Waals surface area contributed by atoms with Crippen molar-refractivity contribution in [1.82, 2.24) is 29.8 Å². The number of ether oxygens (including phenoxy) is 1. The molecule has 4 aromatic rings. The zero-order chi connectivity index (χ0) is 27.8. The second-order valence-electron chi connectivity index (χ2n) is 12.6. The van der Waals surface area contributed by atoms with Crippen molar-refractivity contribution in [2.45, 2.75) is 77.7 Å². The Kier molecular flexibility index (Phi) is 6.33. The number of aromatic nitrogens is 4. The molecular weight excluding hydrogens is 520 g/mol. The Morgan fingerprint density at radius 3 is 2.62 bits per heavy atom. The third-order valence-electron chi connectivity index (χ3n) is 9.83. The topological polar surface area (TPSA) is 87.5 Å². The molecule has 212 valence electrons. The zero-order valence-electron chi connectivity index (χ0n) is 24.3. The molecule has 8 nitrogen and oxygen atoms in total. The number of hydrogen-bond acceptors (Lipinski definition) is 6. The molecule has 7 rings (SSSR count). The molecule has 0 aromatic carbocycles. The Hall–Kier alpha value is -2.75. The maximum absolute atomic E-state index is 13.3. The molecule has 1 aliphatic carbocycles. The number of carbonyl (C=O) groups excluding carboxylic acids is 1. The first-order valence-electron chi connectivity index (χ1n) is 14.8. The van der Waals surface area contributed by atoms with Gasteiger partial charge in [0.05, 0.1) is 17.9 Å². The number of pyridine rings is 1. The second kappa shape index (κ2) is 9.67. The molecule has 4 aromatic heterocycles. The molecule has 2 N–H and O–H groups in total. The maximum atomic E-state index is 13.3. The first-order chi connectivity index (χ1) is 19.3. The summed E-state index contributed by atoms with van der Waals surface area (Å²) in [5.74, 6) is 1.36. The van der Waals surface area contributed by atoms with Gasteiger partial charge in [-0.3, -0.25) is 4.79 Å². The van der Waals surface area contributed by atoms with Gasteiger partial charge in [-0.25, -0.2) is 9.50 Å². The predicted octanol–water partition coefficient (Wildman–Crippen LogP) is 5.46. The molecule has 0 unspecified atom stereocenters. The molecule has 0 atom stereocenters. The van der Waals surface area contributed by atoms with Crippen molar-refractivity contribution >= 4 is 33.1 Å². The molecule has 3 aliphatic rings. The normalized spacial score (nSPS) is 24.1. The maximum Gasteiger partial charge on any atom is 0.225 e. The van der Waals surface area contributed by atoms with Crippen molar-refractivity contribution in [3.63, 3.8) is 0 Å². The number of aromatic amines is 1. The van der Waals surface area contributed by atoms with Crippen LogP contribution in [0.5, 0.6) is 0 Å². The highest BCUT2D eigenvalue weighted by Gasteiger charge is 2.50. The summed E-state index contributed by atoms with van der Waals surface area (Å²) in [5, 5.41) is 9.25. The number of hydrogen-bond donors (Lipinski definition) is 2. The van der Waals surface area contributed by atoms with Crippen LogP contribution in [0.15, 0.2) is 12.5 Å². The van der Waals surface area contributed by atoms with Gasteiger partial charge in [-0.2, -0.15) is 5.10 Å². The van der Waals surface area contributed by atoms with Crippen molar-refractivity contribution in [2.75, 3.05) is 32.8 Å². The summed E-state index contributed by atoms with van der Waals surface area (Å²) in [5.41, 5.74) is 8.45. The lowest BCUT2D eigenvalue weighted by Crippen LogP contribution is -2.60. The molecule has 0 radical (unpaired) electrons. The van der Waals surface area contributed by atoms with Crippen molar-refractivity contribution in [3.05, 3.63) is 39.7 Å². The smallest absolute Gasteiger partial charge is 0.225 e. The average Bonchev–Trinajstić information content (AvgIpc) is 3.64. The highest BCUT2D eigenvalue weighted by Crippen LogP contribution is 2.47. The number of nitrogens with zero attached hydrogens (tertiary/aromatic N) is 4. The van der Waals surface area contributed by atoms with Gasteiger partial charge in [0.2, 0.25) is 5.91 Å². The number of amides is 1. The van der Waals surface area contributed by atoms with Crippen molar-refractivity contribution < 1.29 is 9.53 Å². The molecule has 0 bridgehead atoms. The third kappa shape index (κ3) is 4.03. The van der Waals surface area contributed by atoms with Crippen LogP contribution in [0.25, 0.3) is 27.1 Å². The van der Waals surface area contributed by atoms with Gasteiger partial charge in [-0.15, -0.1) is 11.3 Å². The lowest BCUT2D eigenvalue weighted by molar-refractivity contribution is -0.168. The van der Waals surface area contributed by atoms with E-state index in [9.17, 15) is 4.79 Å². The number of rotatable bonds is 4. The van der Waals surface area contributed by atoms with Crippen molar-refractivity contribution in [1.29, 1.82) is 0 Å². The van der Waals surface area contributed by atoms with Gasteiger partial charge in [-0.05, 0) is 80.5 Å². The average molecular weight is 561 g/mol. The van der Waals surface area contributed by atoms with E-state index >= 15 is 0 Å². The van der Waals surface area contributed by atoms with E-state index in [1.807, 2.05) is 15.9 Å². The van der Waals surface area contributed by atoms with Gasteiger partial charge in [0.25, 0.3) is 0 Å². The summed E-state index contributed by atoms with van der Waals surface area (Å²) in [6, 6.07) is 0. The number of thiophene rings is 1. The van der Waals surface area contributed by atoms with Gasteiger partial charge >= 0.3 is 0 Å². The van der Waals surface area contributed by atoms with E-state index in [4.69, 9.17) is 4.74 Å². The Morgan fingerprint density at radius 2 is 1.93 bits per heavy atom. The lowest BCUT2D eigenvalue weighted by Gasteiger charge is -2.50. The summed E-state index contributed by atoms with van der Waals surface area (Å²) in [6.07, 6.45) is 7.57. The van der Waals surface area contributed by atoms with E-state index in [2.05, 4.69) is 66.1 Å². The number of morpholine rings is 1. The van der Waals surface area contributed by atoms with Gasteiger partial charge in [0.1, 0.15) is 11.2 Å². The van der Waals surface area contributed by atoms with Gasteiger partial charge < -0.3 is 19.9 Å². The largest absolute Gasteiger partial charge is 0.372 e. The Balaban J connectivity index is 1.12. The number of aryl methyl sites for hydroxylation is 2.